The highest BCUT2D eigenvalue weighted by Crippen LogP contribution is 2.45. The van der Waals surface area contributed by atoms with Crippen molar-refractivity contribution in [2.45, 2.75) is 355 Å². The fourth-order valence-corrected chi connectivity index (χ4v) is 11.6. The highest BCUT2D eigenvalue weighted by atomic mass is 31.2. The Balaban J connectivity index is 5.22. The molecule has 86 heavy (non-hydrogen) atoms. The predicted octanol–water partition coefficient (Wildman–Crippen LogP) is 18.8. The zero-order chi connectivity index (χ0) is 63.6. The normalized spacial score (nSPS) is 14.2. The van der Waals surface area contributed by atoms with Crippen molar-refractivity contribution >= 4 is 39.5 Å². The highest BCUT2D eigenvalue weighted by molar-refractivity contribution is 7.47. The fraction of sp³-hybridized carbons (Fsp3) is 0.940. The average molecular weight is 1270 g/mol. The molecule has 510 valence electrons. The van der Waals surface area contributed by atoms with Crippen LogP contribution in [-0.4, -0.2) is 96.7 Å². The summed E-state index contributed by atoms with van der Waals surface area (Å²) in [5, 5.41) is 10.6. The Labute approximate surface area is 524 Å². The van der Waals surface area contributed by atoms with E-state index >= 15 is 0 Å². The lowest BCUT2D eigenvalue weighted by Crippen LogP contribution is -2.30. The molecule has 0 amide bonds. The Morgan fingerprint density at radius 3 is 0.791 bits per heavy atom. The summed E-state index contributed by atoms with van der Waals surface area (Å²) < 4.78 is 68.1. The standard InChI is InChI=1S/C67H130O17P2/c1-7-9-11-13-15-17-22-27-30-37-43-49-64(69)77-55-62(83-67(72)52-46-40-32-28-24-21-19-20-23-25-29-35-41-47-59(3)4)57-81-85(73,74)79-53-61(68)54-80-86(75,76)82-58-63(56-78-65(70)50-44-38-34-33-36-42-48-60(5)6)84-66(71)51-45-39-31-26-18-16-14-12-10-8-2/h59-63,68H,7-58H2,1-6H3,(H,73,74)(H,75,76)/t61-,62-,63-/m1/s1. The van der Waals surface area contributed by atoms with Crippen molar-refractivity contribution in [1.82, 2.24) is 0 Å². The second-order valence-corrected chi connectivity index (χ2v) is 28.1. The second kappa shape index (κ2) is 59.4. The van der Waals surface area contributed by atoms with Gasteiger partial charge in [0.15, 0.2) is 12.2 Å². The Morgan fingerprint density at radius 1 is 0.314 bits per heavy atom. The van der Waals surface area contributed by atoms with Crippen LogP contribution in [0.2, 0.25) is 0 Å². The van der Waals surface area contributed by atoms with E-state index in [1.165, 1.54) is 148 Å². The lowest BCUT2D eigenvalue weighted by atomic mass is 10.0. The zero-order valence-electron chi connectivity index (χ0n) is 55.6. The first kappa shape index (κ1) is 84.1. The summed E-state index contributed by atoms with van der Waals surface area (Å²) in [6.45, 7) is 9.44. The number of ether oxygens (including phenoxy) is 4. The molecule has 0 rings (SSSR count). The third-order valence-electron chi connectivity index (χ3n) is 15.5. The Hall–Kier alpha value is -1.94. The molecule has 19 heteroatoms. The van der Waals surface area contributed by atoms with Gasteiger partial charge in [-0.15, -0.1) is 0 Å². The van der Waals surface area contributed by atoms with E-state index < -0.39 is 97.5 Å². The number of phosphoric ester groups is 2. The van der Waals surface area contributed by atoms with Gasteiger partial charge in [-0.3, -0.25) is 37.3 Å². The number of aliphatic hydroxyl groups is 1. The maximum Gasteiger partial charge on any atom is 0.472 e. The Bertz CT molecular complexity index is 1680. The minimum absolute atomic E-state index is 0.105. The van der Waals surface area contributed by atoms with E-state index in [1.807, 2.05) is 0 Å². The largest absolute Gasteiger partial charge is 0.472 e. The molecule has 17 nitrogen and oxygen atoms in total. The molecule has 0 radical (unpaired) electrons. The summed E-state index contributed by atoms with van der Waals surface area (Å²) in [4.78, 5) is 72.3. The lowest BCUT2D eigenvalue weighted by molar-refractivity contribution is -0.161. The molecule has 3 N–H and O–H groups in total. The van der Waals surface area contributed by atoms with Gasteiger partial charge in [0.1, 0.15) is 19.3 Å². The topological polar surface area (TPSA) is 237 Å². The van der Waals surface area contributed by atoms with Crippen LogP contribution in [0.3, 0.4) is 0 Å². The van der Waals surface area contributed by atoms with Gasteiger partial charge in [-0.2, -0.15) is 0 Å². The van der Waals surface area contributed by atoms with Crippen LogP contribution in [0.1, 0.15) is 337 Å². The quantitative estimate of drug-likeness (QED) is 0.0222. The maximum atomic E-state index is 13.0. The number of rotatable bonds is 66. The van der Waals surface area contributed by atoms with Crippen LogP contribution in [-0.2, 0) is 65.4 Å². The molecule has 0 saturated carbocycles. The second-order valence-electron chi connectivity index (χ2n) is 25.2. The van der Waals surface area contributed by atoms with Crippen molar-refractivity contribution in [1.29, 1.82) is 0 Å². The molecule has 0 bridgehead atoms. The Morgan fingerprint density at radius 2 is 0.535 bits per heavy atom. The third-order valence-corrected chi connectivity index (χ3v) is 17.4. The molecule has 0 aliphatic carbocycles. The average Bonchev–Trinajstić information content (AvgIpc) is 3.68. The van der Waals surface area contributed by atoms with Crippen molar-refractivity contribution in [2.75, 3.05) is 39.6 Å². The van der Waals surface area contributed by atoms with Gasteiger partial charge in [0, 0.05) is 25.7 Å². The third kappa shape index (κ3) is 60.9. The lowest BCUT2D eigenvalue weighted by Gasteiger charge is -2.21. The van der Waals surface area contributed by atoms with E-state index in [0.717, 1.165) is 102 Å². The summed E-state index contributed by atoms with van der Waals surface area (Å²) in [6, 6.07) is 0. The Kier molecular flexibility index (Phi) is 58.0. The first-order valence-electron chi connectivity index (χ1n) is 35.0. The van der Waals surface area contributed by atoms with Crippen molar-refractivity contribution in [3.63, 3.8) is 0 Å². The molecule has 0 aliphatic rings. The van der Waals surface area contributed by atoms with E-state index in [2.05, 4.69) is 41.5 Å². The molecular formula is C67H130O17P2. The van der Waals surface area contributed by atoms with E-state index in [1.54, 1.807) is 0 Å². The van der Waals surface area contributed by atoms with Gasteiger partial charge in [-0.1, -0.05) is 286 Å². The summed E-state index contributed by atoms with van der Waals surface area (Å²) in [5.74, 6) is -0.663. The van der Waals surface area contributed by atoms with Gasteiger partial charge in [-0.05, 0) is 37.5 Å². The first-order chi connectivity index (χ1) is 41.4. The molecule has 2 unspecified atom stereocenters. The van der Waals surface area contributed by atoms with Crippen LogP contribution in [0.5, 0.6) is 0 Å². The number of hydrogen-bond acceptors (Lipinski definition) is 15. The molecular weight excluding hydrogens is 1140 g/mol. The molecule has 0 aromatic heterocycles. The van der Waals surface area contributed by atoms with Crippen LogP contribution in [0, 0.1) is 11.8 Å². The molecule has 0 aromatic rings. The molecule has 0 heterocycles. The predicted molar refractivity (Wildman–Crippen MR) is 345 cm³/mol. The van der Waals surface area contributed by atoms with Gasteiger partial charge < -0.3 is 33.8 Å². The SMILES string of the molecule is CCCCCCCCCCCCCC(=O)OC[C@H](COP(=O)(O)OC[C@@H](O)COP(=O)(O)OC[C@@H](COC(=O)CCCCCCCCC(C)C)OC(=O)CCCCCCCCCCCC)OC(=O)CCCCCCCCCCCCCCCC(C)C. The minimum Gasteiger partial charge on any atom is -0.462 e. The summed E-state index contributed by atoms with van der Waals surface area (Å²) >= 11 is 0. The summed E-state index contributed by atoms with van der Waals surface area (Å²) in [7, 11) is -9.89. The minimum atomic E-state index is -4.95. The van der Waals surface area contributed by atoms with Gasteiger partial charge >= 0.3 is 39.5 Å². The van der Waals surface area contributed by atoms with Gasteiger partial charge in [0.05, 0.1) is 26.4 Å². The van der Waals surface area contributed by atoms with Crippen molar-refractivity contribution in [2.24, 2.45) is 11.8 Å². The smallest absolute Gasteiger partial charge is 0.462 e. The van der Waals surface area contributed by atoms with Crippen molar-refractivity contribution in [3.05, 3.63) is 0 Å². The van der Waals surface area contributed by atoms with E-state index in [4.69, 9.17) is 37.0 Å². The van der Waals surface area contributed by atoms with Crippen LogP contribution in [0.25, 0.3) is 0 Å². The first-order valence-corrected chi connectivity index (χ1v) is 38.0. The van der Waals surface area contributed by atoms with Crippen molar-refractivity contribution in [3.8, 4) is 0 Å². The molecule has 0 fully saturated rings. The molecule has 0 spiro atoms. The van der Waals surface area contributed by atoms with E-state index in [0.29, 0.717) is 31.6 Å². The highest BCUT2D eigenvalue weighted by Gasteiger charge is 2.30. The van der Waals surface area contributed by atoms with Crippen molar-refractivity contribution < 1.29 is 80.2 Å². The number of carbonyl (C=O) groups excluding carboxylic acids is 4. The van der Waals surface area contributed by atoms with Gasteiger partial charge in [-0.25, -0.2) is 9.13 Å². The molecule has 0 aliphatic heterocycles. The molecule has 0 aromatic carbocycles. The van der Waals surface area contributed by atoms with Crippen LogP contribution >= 0.6 is 15.6 Å². The van der Waals surface area contributed by atoms with E-state index in [9.17, 15) is 43.2 Å². The van der Waals surface area contributed by atoms with Gasteiger partial charge in [0.2, 0.25) is 0 Å². The number of aliphatic hydroxyl groups excluding tert-OH is 1. The number of esters is 4. The van der Waals surface area contributed by atoms with E-state index in [-0.39, 0.29) is 25.7 Å². The van der Waals surface area contributed by atoms with Gasteiger partial charge in [0.25, 0.3) is 0 Å². The molecule has 0 saturated heterocycles. The maximum absolute atomic E-state index is 13.0. The summed E-state index contributed by atoms with van der Waals surface area (Å²) in [5.41, 5.74) is 0. The zero-order valence-corrected chi connectivity index (χ0v) is 57.4. The van der Waals surface area contributed by atoms with Crippen LogP contribution < -0.4 is 0 Å². The number of carbonyl (C=O) groups is 4. The fourth-order valence-electron chi connectivity index (χ4n) is 10.1. The number of phosphoric acid groups is 2. The monoisotopic (exact) mass is 1270 g/mol. The van der Waals surface area contributed by atoms with Crippen LogP contribution in [0.4, 0.5) is 0 Å². The molecule has 5 atom stereocenters. The van der Waals surface area contributed by atoms with Crippen LogP contribution in [0.15, 0.2) is 0 Å². The number of unbranched alkanes of at least 4 members (excludes halogenated alkanes) is 36. The summed E-state index contributed by atoms with van der Waals surface area (Å²) in [6.07, 6.45) is 43.1. The number of hydrogen-bond donors (Lipinski definition) is 3.